The minimum atomic E-state index is -2.21. The second-order valence-corrected chi connectivity index (χ2v) is 17.9. The summed E-state index contributed by atoms with van der Waals surface area (Å²) in [5.74, 6) is 0.210. The number of likely N-dealkylation sites (tertiary alicyclic amines) is 1. The molecule has 0 bridgehead atoms. The summed E-state index contributed by atoms with van der Waals surface area (Å²) in [6.07, 6.45) is 12.8. The van der Waals surface area contributed by atoms with Crippen molar-refractivity contribution in [3.63, 3.8) is 0 Å². The third kappa shape index (κ3) is 6.58. The van der Waals surface area contributed by atoms with Crippen LogP contribution in [0.3, 0.4) is 0 Å². The van der Waals surface area contributed by atoms with Crippen molar-refractivity contribution in [2.45, 2.75) is 103 Å². The van der Waals surface area contributed by atoms with Crippen LogP contribution < -0.4 is 15.9 Å². The second-order valence-electron chi connectivity index (χ2n) is 13.6. The van der Waals surface area contributed by atoms with Gasteiger partial charge in [0.2, 0.25) is 0 Å². The molecule has 212 valence electrons. The molecular weight excluding hydrogens is 495 g/mol. The van der Waals surface area contributed by atoms with Crippen LogP contribution in [0.2, 0.25) is 0 Å². The van der Waals surface area contributed by atoms with E-state index in [4.69, 9.17) is 0 Å². The van der Waals surface area contributed by atoms with Gasteiger partial charge in [0, 0.05) is 0 Å². The Bertz CT molecular complexity index is 1140. The molecule has 1 fully saturated rings. The summed E-state index contributed by atoms with van der Waals surface area (Å²) in [5.41, 5.74) is 4.55. The predicted octanol–water partition coefficient (Wildman–Crippen LogP) is 6.83. The van der Waals surface area contributed by atoms with Gasteiger partial charge in [0.1, 0.15) is 0 Å². The fourth-order valence-electron chi connectivity index (χ4n) is 7.16. The molecule has 1 atom stereocenters. The number of allylic oxidation sites excluding steroid dienone is 4. The Morgan fingerprint density at radius 1 is 0.897 bits per heavy atom. The standard InChI is InChI=1S/C35H51N2OP/c1-26-11-17-30(18-12-26)39(31-19-13-27(2)14-20-31,32-21-15-28(3)16-22-32)23-9-10-33(38)36-29-24-34(4,5)37(8)35(6,7)25-29/h11-21,29,32,39H,9-10,22-25H2,1-8H3,(H,36,38). The molecule has 0 saturated carbocycles. The van der Waals surface area contributed by atoms with E-state index in [9.17, 15) is 4.79 Å². The zero-order chi connectivity index (χ0) is 28.4. The van der Waals surface area contributed by atoms with Gasteiger partial charge in [0.15, 0.2) is 0 Å². The van der Waals surface area contributed by atoms with Gasteiger partial charge in [-0.1, -0.05) is 0 Å². The van der Waals surface area contributed by atoms with Crippen molar-refractivity contribution in [2.75, 3.05) is 13.2 Å². The third-order valence-corrected chi connectivity index (χ3v) is 15.3. The summed E-state index contributed by atoms with van der Waals surface area (Å²) in [5, 5.41) is 6.41. The van der Waals surface area contributed by atoms with Gasteiger partial charge in [-0.3, -0.25) is 0 Å². The Balaban J connectivity index is 1.58. The van der Waals surface area contributed by atoms with Crippen molar-refractivity contribution in [3.05, 3.63) is 83.5 Å². The molecular formula is C35H51N2OP. The van der Waals surface area contributed by atoms with Crippen LogP contribution in [0.1, 0.15) is 77.8 Å². The van der Waals surface area contributed by atoms with Crippen LogP contribution in [0, 0.1) is 13.8 Å². The number of carbonyl (C=O) groups is 1. The van der Waals surface area contributed by atoms with E-state index in [0.717, 1.165) is 31.8 Å². The Morgan fingerprint density at radius 3 is 1.87 bits per heavy atom. The van der Waals surface area contributed by atoms with Gasteiger partial charge in [-0.25, -0.2) is 0 Å². The molecule has 1 amide bonds. The quantitative estimate of drug-likeness (QED) is 0.368. The SMILES string of the molecule is CC1=CCC([PH](CCCC(=O)NC2CC(C)(C)N(C)C(C)(C)C2)(c2ccc(C)cc2)c2ccc(C)cc2)C=C1. The molecule has 1 N–H and O–H groups in total. The molecule has 4 heteroatoms. The number of benzene rings is 2. The van der Waals surface area contributed by atoms with Crippen molar-refractivity contribution in [3.8, 4) is 0 Å². The molecule has 1 aliphatic heterocycles. The van der Waals surface area contributed by atoms with Crippen molar-refractivity contribution in [2.24, 2.45) is 0 Å². The Hall–Kier alpha value is -2.22. The first-order chi connectivity index (χ1) is 18.3. The average Bonchev–Trinajstić information content (AvgIpc) is 2.87. The van der Waals surface area contributed by atoms with E-state index in [1.807, 2.05) is 0 Å². The zero-order valence-electron chi connectivity index (χ0n) is 25.6. The monoisotopic (exact) mass is 546 g/mol. The number of nitrogens with zero attached hydrogens (tertiary/aromatic N) is 1. The van der Waals surface area contributed by atoms with E-state index >= 15 is 0 Å². The fraction of sp³-hybridized carbons (Fsp3) is 0.514. The summed E-state index contributed by atoms with van der Waals surface area (Å²) in [4.78, 5) is 15.8. The molecule has 1 aliphatic carbocycles. The van der Waals surface area contributed by atoms with E-state index in [1.54, 1.807) is 0 Å². The van der Waals surface area contributed by atoms with Gasteiger partial charge in [-0.05, 0) is 0 Å². The van der Waals surface area contributed by atoms with Gasteiger partial charge in [0.25, 0.3) is 0 Å². The first-order valence-electron chi connectivity index (χ1n) is 14.9. The van der Waals surface area contributed by atoms with E-state index in [2.05, 4.69) is 132 Å². The van der Waals surface area contributed by atoms with Crippen LogP contribution in [0.25, 0.3) is 0 Å². The minimum absolute atomic E-state index is 0.0671. The topological polar surface area (TPSA) is 32.3 Å². The van der Waals surface area contributed by atoms with Gasteiger partial charge < -0.3 is 0 Å². The van der Waals surface area contributed by atoms with Gasteiger partial charge >= 0.3 is 239 Å². The summed E-state index contributed by atoms with van der Waals surface area (Å²) < 4.78 is 0. The number of hydrogen-bond acceptors (Lipinski definition) is 2. The van der Waals surface area contributed by atoms with E-state index in [1.165, 1.54) is 27.3 Å². The summed E-state index contributed by atoms with van der Waals surface area (Å²) in [6, 6.07) is 18.8. The molecule has 2 aromatic carbocycles. The third-order valence-electron chi connectivity index (χ3n) is 9.70. The normalized spacial score (nSPS) is 21.8. The predicted molar refractivity (Wildman–Crippen MR) is 172 cm³/mol. The number of rotatable bonds is 8. The van der Waals surface area contributed by atoms with Crippen LogP contribution in [-0.2, 0) is 4.79 Å². The van der Waals surface area contributed by atoms with Crippen LogP contribution in [0.4, 0.5) is 0 Å². The molecule has 2 aromatic rings. The number of hydrogen-bond donors (Lipinski definition) is 1. The molecule has 0 spiro atoms. The first kappa shape index (κ1) is 29.8. The number of carbonyl (C=O) groups excluding carboxylic acids is 1. The Morgan fingerprint density at radius 2 is 1.41 bits per heavy atom. The van der Waals surface area contributed by atoms with Crippen molar-refractivity contribution >= 4 is 23.8 Å². The molecule has 2 aliphatic rings. The van der Waals surface area contributed by atoms with E-state index < -0.39 is 7.26 Å². The molecule has 3 nitrogen and oxygen atoms in total. The average molecular weight is 547 g/mol. The van der Waals surface area contributed by atoms with E-state index in [-0.39, 0.29) is 23.0 Å². The van der Waals surface area contributed by atoms with Crippen molar-refractivity contribution in [1.82, 2.24) is 10.2 Å². The van der Waals surface area contributed by atoms with Gasteiger partial charge in [-0.15, -0.1) is 0 Å². The first-order valence-corrected chi connectivity index (χ1v) is 17.1. The molecule has 0 aromatic heterocycles. The molecule has 1 saturated heterocycles. The van der Waals surface area contributed by atoms with Crippen molar-refractivity contribution < 1.29 is 4.79 Å². The summed E-state index contributed by atoms with van der Waals surface area (Å²) in [7, 11) is 0.00237. The van der Waals surface area contributed by atoms with Crippen LogP contribution in [-0.4, -0.2) is 46.8 Å². The number of aryl methyl sites for hydroxylation is 2. The van der Waals surface area contributed by atoms with Crippen LogP contribution in [0.15, 0.2) is 72.3 Å². The van der Waals surface area contributed by atoms with E-state index in [0.29, 0.717) is 12.1 Å². The summed E-state index contributed by atoms with van der Waals surface area (Å²) in [6.45, 7) is 15.7. The second kappa shape index (κ2) is 11.7. The fourth-order valence-corrected chi connectivity index (χ4v) is 12.5. The number of nitrogens with one attached hydrogen (secondary N) is 1. The number of piperidine rings is 1. The maximum atomic E-state index is 13.3. The van der Waals surface area contributed by atoms with Crippen molar-refractivity contribution in [1.29, 1.82) is 0 Å². The maximum absolute atomic E-state index is 13.3. The Labute approximate surface area is 238 Å². The molecule has 1 heterocycles. The Kier molecular flexibility index (Phi) is 8.94. The zero-order valence-corrected chi connectivity index (χ0v) is 26.6. The van der Waals surface area contributed by atoms with Crippen LogP contribution >= 0.6 is 7.26 Å². The molecule has 39 heavy (non-hydrogen) atoms. The van der Waals surface area contributed by atoms with Crippen LogP contribution in [0.5, 0.6) is 0 Å². The molecule has 1 unspecified atom stereocenters. The van der Waals surface area contributed by atoms with Gasteiger partial charge in [-0.2, -0.15) is 0 Å². The van der Waals surface area contributed by atoms with Gasteiger partial charge in [0.05, 0.1) is 0 Å². The number of amides is 1. The summed E-state index contributed by atoms with van der Waals surface area (Å²) >= 11 is 0. The molecule has 0 radical (unpaired) electrons. The molecule has 4 rings (SSSR count).